The highest BCUT2D eigenvalue weighted by Crippen LogP contribution is 2.35. The van der Waals surface area contributed by atoms with Crippen LogP contribution in [-0.2, 0) is 6.18 Å². The monoisotopic (exact) mass is 289 g/mol. The van der Waals surface area contributed by atoms with Crippen LogP contribution in [0.15, 0.2) is 18.2 Å². The predicted molar refractivity (Wildman–Crippen MR) is 74.0 cm³/mol. The molecule has 3 nitrogen and oxygen atoms in total. The van der Waals surface area contributed by atoms with Crippen molar-refractivity contribution >= 4 is 0 Å². The summed E-state index contributed by atoms with van der Waals surface area (Å²) in [5.41, 5.74) is 3.06. The molecule has 20 heavy (non-hydrogen) atoms. The number of alkyl halides is 3. The molecule has 0 spiro atoms. The lowest BCUT2D eigenvalue weighted by atomic mass is 9.85. The van der Waals surface area contributed by atoms with Gasteiger partial charge in [0.2, 0.25) is 0 Å². The normalized spacial score (nSPS) is 14.7. The zero-order valence-electron chi connectivity index (χ0n) is 12.5. The van der Waals surface area contributed by atoms with Crippen molar-refractivity contribution in [1.82, 2.24) is 10.3 Å². The van der Waals surface area contributed by atoms with E-state index in [-0.39, 0.29) is 11.6 Å². The summed E-state index contributed by atoms with van der Waals surface area (Å²) >= 11 is 0. The van der Waals surface area contributed by atoms with E-state index in [9.17, 15) is 13.2 Å². The van der Waals surface area contributed by atoms with Gasteiger partial charge in [-0.1, -0.05) is 6.07 Å². The fourth-order valence-electron chi connectivity index (χ4n) is 2.11. The number of nitrogens with two attached hydrogens (primary N) is 1. The molecule has 0 aromatic heterocycles. The van der Waals surface area contributed by atoms with Gasteiger partial charge in [0.05, 0.1) is 11.6 Å². The number of rotatable bonds is 4. The quantitative estimate of drug-likeness (QED) is 0.661. The van der Waals surface area contributed by atoms with Crippen LogP contribution in [0.25, 0.3) is 0 Å². The highest BCUT2D eigenvalue weighted by atomic mass is 19.4. The van der Waals surface area contributed by atoms with Crippen LogP contribution >= 0.6 is 0 Å². The molecule has 1 aromatic rings. The second-order valence-electron chi connectivity index (χ2n) is 5.72. The summed E-state index contributed by atoms with van der Waals surface area (Å²) in [7, 11) is 3.81. The molecule has 0 bridgehead atoms. The van der Waals surface area contributed by atoms with E-state index in [0.717, 1.165) is 17.7 Å². The third-order valence-corrected chi connectivity index (χ3v) is 3.93. The van der Waals surface area contributed by atoms with Crippen LogP contribution in [-0.4, -0.2) is 24.5 Å². The average molecular weight is 289 g/mol. The molecule has 0 radical (unpaired) electrons. The van der Waals surface area contributed by atoms with Gasteiger partial charge in [0.1, 0.15) is 0 Å². The highest BCUT2D eigenvalue weighted by molar-refractivity contribution is 5.36. The first-order chi connectivity index (χ1) is 9.01. The molecular formula is C14H22F3N3. The molecule has 0 aliphatic carbocycles. The second kappa shape index (κ2) is 5.71. The van der Waals surface area contributed by atoms with Crippen LogP contribution in [0.4, 0.5) is 13.2 Å². The van der Waals surface area contributed by atoms with Crippen molar-refractivity contribution in [1.29, 1.82) is 0 Å². The average Bonchev–Trinajstić information content (AvgIpc) is 2.30. The van der Waals surface area contributed by atoms with Gasteiger partial charge in [0.15, 0.2) is 0 Å². The van der Waals surface area contributed by atoms with Crippen molar-refractivity contribution in [2.75, 3.05) is 14.1 Å². The van der Waals surface area contributed by atoms with Gasteiger partial charge in [-0.3, -0.25) is 11.3 Å². The summed E-state index contributed by atoms with van der Waals surface area (Å²) in [5, 5.41) is 0. The van der Waals surface area contributed by atoms with E-state index in [1.54, 1.807) is 6.92 Å². The van der Waals surface area contributed by atoms with Crippen LogP contribution in [0.5, 0.6) is 0 Å². The molecule has 0 fully saturated rings. The van der Waals surface area contributed by atoms with E-state index >= 15 is 0 Å². The van der Waals surface area contributed by atoms with Crippen LogP contribution in [0.3, 0.4) is 0 Å². The first kappa shape index (κ1) is 16.9. The summed E-state index contributed by atoms with van der Waals surface area (Å²) in [6, 6.07) is 3.47. The van der Waals surface area contributed by atoms with Gasteiger partial charge in [0, 0.05) is 5.54 Å². The van der Waals surface area contributed by atoms with Gasteiger partial charge in [-0.15, -0.1) is 0 Å². The van der Waals surface area contributed by atoms with Crippen molar-refractivity contribution in [3.63, 3.8) is 0 Å². The zero-order chi connectivity index (χ0) is 15.7. The van der Waals surface area contributed by atoms with E-state index in [2.05, 4.69) is 5.43 Å². The molecule has 1 unspecified atom stereocenters. The summed E-state index contributed by atoms with van der Waals surface area (Å²) in [5.74, 6) is 5.62. The molecule has 0 heterocycles. The Hall–Kier alpha value is -1.11. The molecule has 3 N–H and O–H groups in total. The molecule has 1 rings (SSSR count). The number of hydrogen-bond donors (Lipinski definition) is 2. The third kappa shape index (κ3) is 3.31. The Balaban J connectivity index is 3.25. The molecule has 0 saturated carbocycles. The lowest BCUT2D eigenvalue weighted by Crippen LogP contribution is -2.51. The second-order valence-corrected chi connectivity index (χ2v) is 5.72. The minimum absolute atomic E-state index is 0.278. The van der Waals surface area contributed by atoms with Crippen molar-refractivity contribution in [2.24, 2.45) is 5.84 Å². The number of aryl methyl sites for hydroxylation is 1. The SMILES string of the molecule is Cc1cc(C(F)(F)F)ccc1C(NN)C(C)(C)N(C)C. The highest BCUT2D eigenvalue weighted by Gasteiger charge is 2.35. The van der Waals surface area contributed by atoms with Crippen molar-refractivity contribution in [2.45, 2.75) is 38.5 Å². The summed E-state index contributed by atoms with van der Waals surface area (Å²) in [4.78, 5) is 1.98. The minimum atomic E-state index is -4.33. The Labute approximate surface area is 117 Å². The number of halogens is 3. The fraction of sp³-hybridized carbons (Fsp3) is 0.571. The lowest BCUT2D eigenvalue weighted by Gasteiger charge is -2.40. The Morgan fingerprint density at radius 2 is 1.75 bits per heavy atom. The number of nitrogens with zero attached hydrogens (tertiary/aromatic N) is 1. The minimum Gasteiger partial charge on any atom is -0.302 e. The molecule has 1 atom stereocenters. The smallest absolute Gasteiger partial charge is 0.302 e. The Bertz CT molecular complexity index is 467. The zero-order valence-corrected chi connectivity index (χ0v) is 12.5. The largest absolute Gasteiger partial charge is 0.416 e. The maximum Gasteiger partial charge on any atom is 0.416 e. The third-order valence-electron chi connectivity index (χ3n) is 3.93. The molecular weight excluding hydrogens is 267 g/mol. The molecule has 0 amide bonds. The standard InChI is InChI=1S/C14H22F3N3/c1-9-8-10(14(15,16)17)6-7-11(9)12(19-18)13(2,3)20(4)5/h6-8,12,19H,18H2,1-5H3. The molecule has 1 aromatic carbocycles. The Kier molecular flexibility index (Phi) is 4.84. The summed E-state index contributed by atoms with van der Waals surface area (Å²) in [6.07, 6.45) is -4.33. The first-order valence-electron chi connectivity index (χ1n) is 6.33. The number of likely N-dealkylation sites (N-methyl/N-ethyl adjacent to an activating group) is 1. The predicted octanol–water partition coefficient (Wildman–Crippen LogP) is 2.86. The molecule has 114 valence electrons. The van der Waals surface area contributed by atoms with E-state index in [1.807, 2.05) is 32.8 Å². The summed E-state index contributed by atoms with van der Waals surface area (Å²) < 4.78 is 38.1. The number of nitrogens with one attached hydrogen (secondary N) is 1. The van der Waals surface area contributed by atoms with Gasteiger partial charge in [-0.05, 0) is 58.1 Å². The van der Waals surface area contributed by atoms with Crippen molar-refractivity contribution in [3.8, 4) is 0 Å². The molecule has 0 aliphatic heterocycles. The summed E-state index contributed by atoms with van der Waals surface area (Å²) in [6.45, 7) is 5.63. The van der Waals surface area contributed by atoms with Crippen LogP contribution < -0.4 is 11.3 Å². The first-order valence-corrected chi connectivity index (χ1v) is 6.33. The Morgan fingerprint density at radius 1 is 1.20 bits per heavy atom. The van der Waals surface area contributed by atoms with Gasteiger partial charge in [0.25, 0.3) is 0 Å². The van der Waals surface area contributed by atoms with Gasteiger partial charge in [-0.2, -0.15) is 13.2 Å². The molecule has 0 aliphatic rings. The van der Waals surface area contributed by atoms with Crippen LogP contribution in [0.1, 0.15) is 36.6 Å². The van der Waals surface area contributed by atoms with Crippen molar-refractivity contribution < 1.29 is 13.2 Å². The fourth-order valence-corrected chi connectivity index (χ4v) is 2.11. The van der Waals surface area contributed by atoms with E-state index in [4.69, 9.17) is 5.84 Å². The van der Waals surface area contributed by atoms with Crippen LogP contribution in [0, 0.1) is 6.92 Å². The molecule has 0 saturated heterocycles. The maximum absolute atomic E-state index is 12.7. The topological polar surface area (TPSA) is 41.3 Å². The number of hydrazine groups is 1. The Morgan fingerprint density at radius 3 is 2.10 bits per heavy atom. The van der Waals surface area contributed by atoms with E-state index in [0.29, 0.717) is 5.56 Å². The molecule has 6 heteroatoms. The van der Waals surface area contributed by atoms with Gasteiger partial charge < -0.3 is 4.90 Å². The van der Waals surface area contributed by atoms with Crippen molar-refractivity contribution in [3.05, 3.63) is 34.9 Å². The lowest BCUT2D eigenvalue weighted by molar-refractivity contribution is -0.137. The van der Waals surface area contributed by atoms with E-state index < -0.39 is 11.7 Å². The number of benzene rings is 1. The van der Waals surface area contributed by atoms with Gasteiger partial charge in [-0.25, -0.2) is 0 Å². The van der Waals surface area contributed by atoms with Crippen LogP contribution in [0.2, 0.25) is 0 Å². The van der Waals surface area contributed by atoms with E-state index in [1.165, 1.54) is 6.07 Å². The van der Waals surface area contributed by atoms with Gasteiger partial charge >= 0.3 is 6.18 Å². The number of hydrogen-bond acceptors (Lipinski definition) is 3. The maximum atomic E-state index is 12.7.